The highest BCUT2D eigenvalue weighted by Gasteiger charge is 2.31. The normalized spacial score (nSPS) is 19.6. The van der Waals surface area contributed by atoms with E-state index in [2.05, 4.69) is 10.3 Å². The molecule has 2 heterocycles. The summed E-state index contributed by atoms with van der Waals surface area (Å²) in [7, 11) is 3.14. The number of hydrogen-bond donors (Lipinski definition) is 3. The zero-order valence-electron chi connectivity index (χ0n) is 16.8. The molecule has 1 fully saturated rings. The average molecular weight is 401 g/mol. The van der Waals surface area contributed by atoms with Gasteiger partial charge in [-0.15, -0.1) is 0 Å². The first kappa shape index (κ1) is 19.6. The van der Waals surface area contributed by atoms with Crippen LogP contribution in [0.4, 0.5) is 0 Å². The minimum Gasteiger partial charge on any atom is -0.494 e. The predicted molar refractivity (Wildman–Crippen MR) is 108 cm³/mol. The first-order chi connectivity index (χ1) is 14.0. The Morgan fingerprint density at radius 1 is 1.07 bits per heavy atom. The van der Waals surface area contributed by atoms with Crippen LogP contribution < -0.4 is 26.0 Å². The van der Waals surface area contributed by atoms with Crippen LogP contribution in [0, 0.1) is 0 Å². The summed E-state index contributed by atoms with van der Waals surface area (Å²) in [6, 6.07) is 3.10. The fraction of sp³-hybridized carbons (Fsp3) is 0.524. The van der Waals surface area contributed by atoms with Crippen LogP contribution in [0.1, 0.15) is 60.9 Å². The van der Waals surface area contributed by atoms with Crippen molar-refractivity contribution in [3.8, 4) is 17.4 Å². The van der Waals surface area contributed by atoms with Gasteiger partial charge in [-0.05, 0) is 42.5 Å². The monoisotopic (exact) mass is 401 g/mol. The van der Waals surface area contributed by atoms with Gasteiger partial charge in [-0.3, -0.25) is 14.3 Å². The van der Waals surface area contributed by atoms with Crippen molar-refractivity contribution in [1.29, 1.82) is 0 Å². The molecule has 3 N–H and O–H groups in total. The predicted octanol–water partition coefficient (Wildman–Crippen LogP) is 2.00. The lowest BCUT2D eigenvalue weighted by Crippen LogP contribution is -2.40. The first-order valence-electron chi connectivity index (χ1n) is 10.1. The summed E-state index contributed by atoms with van der Waals surface area (Å²) >= 11 is 0. The van der Waals surface area contributed by atoms with E-state index in [9.17, 15) is 14.7 Å². The van der Waals surface area contributed by atoms with E-state index in [-0.39, 0.29) is 17.5 Å². The van der Waals surface area contributed by atoms with E-state index >= 15 is 0 Å². The Morgan fingerprint density at radius 2 is 1.76 bits per heavy atom. The Kier molecular flexibility index (Phi) is 5.36. The lowest BCUT2D eigenvalue weighted by atomic mass is 9.89. The van der Waals surface area contributed by atoms with Gasteiger partial charge in [-0.1, -0.05) is 19.3 Å². The van der Waals surface area contributed by atoms with E-state index in [1.165, 1.54) is 4.57 Å². The number of fused-ring (bicyclic) bond motifs is 1. The molecule has 156 valence electrons. The Bertz CT molecular complexity index is 1020. The fourth-order valence-corrected chi connectivity index (χ4v) is 4.63. The van der Waals surface area contributed by atoms with Gasteiger partial charge in [0, 0.05) is 12.6 Å². The van der Waals surface area contributed by atoms with Crippen molar-refractivity contribution in [3.63, 3.8) is 0 Å². The summed E-state index contributed by atoms with van der Waals surface area (Å²) in [4.78, 5) is 27.7. The van der Waals surface area contributed by atoms with Crippen molar-refractivity contribution < 1.29 is 14.6 Å². The second-order valence-electron chi connectivity index (χ2n) is 7.70. The van der Waals surface area contributed by atoms with Crippen LogP contribution in [0.25, 0.3) is 0 Å². The highest BCUT2D eigenvalue weighted by Crippen LogP contribution is 2.39. The number of aromatic hydroxyl groups is 1. The van der Waals surface area contributed by atoms with E-state index in [1.807, 2.05) is 12.1 Å². The number of aromatic nitrogens is 2. The molecule has 2 aliphatic rings. The van der Waals surface area contributed by atoms with Gasteiger partial charge in [0.25, 0.3) is 5.56 Å². The van der Waals surface area contributed by atoms with E-state index in [4.69, 9.17) is 9.47 Å². The molecule has 1 aromatic carbocycles. The molecule has 0 spiro atoms. The number of H-pyrrole nitrogens is 1. The highest BCUT2D eigenvalue weighted by atomic mass is 16.5. The molecule has 2 aromatic rings. The topological polar surface area (TPSA) is 106 Å². The van der Waals surface area contributed by atoms with Gasteiger partial charge in [0.15, 0.2) is 11.5 Å². The third kappa shape index (κ3) is 3.42. The second-order valence-corrected chi connectivity index (χ2v) is 7.70. The lowest BCUT2D eigenvalue weighted by molar-refractivity contribution is 0.293. The Morgan fingerprint density at radius 3 is 2.45 bits per heavy atom. The highest BCUT2D eigenvalue weighted by molar-refractivity contribution is 5.52. The molecule has 1 saturated carbocycles. The smallest absolute Gasteiger partial charge is 0.331 e. The molecular weight excluding hydrogens is 374 g/mol. The number of nitrogens with one attached hydrogen (secondary N) is 2. The largest absolute Gasteiger partial charge is 0.494 e. The van der Waals surface area contributed by atoms with Crippen molar-refractivity contribution in [2.24, 2.45) is 0 Å². The van der Waals surface area contributed by atoms with Gasteiger partial charge in [-0.25, -0.2) is 4.79 Å². The first-order valence-corrected chi connectivity index (χ1v) is 10.1. The van der Waals surface area contributed by atoms with E-state index in [0.717, 1.165) is 49.7 Å². The Hall–Kier alpha value is -2.74. The van der Waals surface area contributed by atoms with Crippen molar-refractivity contribution in [1.82, 2.24) is 14.9 Å². The summed E-state index contributed by atoms with van der Waals surface area (Å²) in [6.45, 7) is 0.634. The summed E-state index contributed by atoms with van der Waals surface area (Å²) in [5, 5.41) is 14.4. The third-order valence-corrected chi connectivity index (χ3v) is 6.08. The van der Waals surface area contributed by atoms with Crippen LogP contribution in [0.3, 0.4) is 0 Å². The van der Waals surface area contributed by atoms with Crippen molar-refractivity contribution in [2.45, 2.75) is 50.6 Å². The molecule has 1 aliphatic heterocycles. The maximum Gasteiger partial charge on any atom is 0.331 e. The van der Waals surface area contributed by atoms with Crippen LogP contribution >= 0.6 is 0 Å². The molecular formula is C21H27N3O5. The molecule has 8 heteroatoms. The molecule has 1 aromatic heterocycles. The van der Waals surface area contributed by atoms with Crippen molar-refractivity contribution in [3.05, 3.63) is 49.7 Å². The molecule has 1 aliphatic carbocycles. The van der Waals surface area contributed by atoms with Crippen LogP contribution in [-0.4, -0.2) is 35.4 Å². The van der Waals surface area contributed by atoms with Crippen LogP contribution in [0.15, 0.2) is 21.7 Å². The SMILES string of the molecule is COc1cc2c(cc1OC)C(c1c(O)n(C3CCCCC3)c(=O)[nH]c1=O)NCC2. The van der Waals surface area contributed by atoms with Gasteiger partial charge < -0.3 is 19.9 Å². The van der Waals surface area contributed by atoms with E-state index in [1.54, 1.807) is 14.2 Å². The zero-order valence-corrected chi connectivity index (χ0v) is 16.8. The molecule has 0 radical (unpaired) electrons. The second kappa shape index (κ2) is 7.94. The molecule has 1 unspecified atom stereocenters. The number of aromatic amines is 1. The van der Waals surface area contributed by atoms with Crippen LogP contribution in [-0.2, 0) is 6.42 Å². The Balaban J connectivity index is 1.86. The number of ether oxygens (including phenoxy) is 2. The van der Waals surface area contributed by atoms with Gasteiger partial charge in [0.1, 0.15) is 0 Å². The number of methoxy groups -OCH3 is 2. The molecule has 0 saturated heterocycles. The van der Waals surface area contributed by atoms with Gasteiger partial charge in [-0.2, -0.15) is 0 Å². The third-order valence-electron chi connectivity index (χ3n) is 6.08. The maximum absolute atomic E-state index is 12.8. The molecule has 8 nitrogen and oxygen atoms in total. The van der Waals surface area contributed by atoms with Crippen molar-refractivity contribution in [2.75, 3.05) is 20.8 Å². The van der Waals surface area contributed by atoms with Gasteiger partial charge in [0.2, 0.25) is 5.88 Å². The summed E-state index contributed by atoms with van der Waals surface area (Å²) in [5.74, 6) is 0.930. The number of rotatable bonds is 4. The van der Waals surface area contributed by atoms with Crippen LogP contribution in [0.5, 0.6) is 17.4 Å². The van der Waals surface area contributed by atoms with E-state index in [0.29, 0.717) is 18.0 Å². The minimum atomic E-state index is -0.570. The van der Waals surface area contributed by atoms with E-state index < -0.39 is 17.3 Å². The summed E-state index contributed by atoms with van der Waals surface area (Å²) in [6.07, 6.45) is 5.53. The van der Waals surface area contributed by atoms with Crippen LogP contribution in [0.2, 0.25) is 0 Å². The van der Waals surface area contributed by atoms with Crippen molar-refractivity contribution >= 4 is 0 Å². The minimum absolute atomic E-state index is 0.0969. The molecule has 1 atom stereocenters. The number of benzene rings is 1. The standard InChI is InChI=1S/C21H27N3O5/c1-28-15-10-12-8-9-22-18(14(12)11-16(15)29-2)17-19(25)23-21(27)24(20(17)26)13-6-4-3-5-7-13/h10-11,13,18,22,26H,3-9H2,1-2H3,(H,23,25,27). The fourth-order valence-electron chi connectivity index (χ4n) is 4.63. The number of hydrogen-bond acceptors (Lipinski definition) is 6. The molecule has 0 bridgehead atoms. The molecule has 29 heavy (non-hydrogen) atoms. The van der Waals surface area contributed by atoms with Gasteiger partial charge >= 0.3 is 5.69 Å². The maximum atomic E-state index is 12.8. The summed E-state index contributed by atoms with van der Waals surface area (Å²) < 4.78 is 12.2. The average Bonchev–Trinajstić information content (AvgIpc) is 2.73. The number of nitrogens with zero attached hydrogens (tertiary/aromatic N) is 1. The lowest BCUT2D eigenvalue weighted by Gasteiger charge is -2.30. The zero-order chi connectivity index (χ0) is 20.5. The quantitative estimate of drug-likeness (QED) is 0.724. The molecule has 0 amide bonds. The molecule has 4 rings (SSSR count). The summed E-state index contributed by atoms with van der Waals surface area (Å²) in [5.41, 5.74) is 0.902. The van der Waals surface area contributed by atoms with Gasteiger partial charge in [0.05, 0.1) is 25.8 Å². The Labute approximate surface area is 168 Å².